The van der Waals surface area contributed by atoms with Crippen LogP contribution < -0.4 is 10.6 Å². The summed E-state index contributed by atoms with van der Waals surface area (Å²) < 4.78 is 9.64. The fourth-order valence-corrected chi connectivity index (χ4v) is 1.91. The lowest BCUT2D eigenvalue weighted by Gasteiger charge is -2.28. The number of esters is 1. The first-order valence-corrected chi connectivity index (χ1v) is 5.63. The van der Waals surface area contributed by atoms with Crippen molar-refractivity contribution in [3.8, 4) is 0 Å². The van der Waals surface area contributed by atoms with Crippen molar-refractivity contribution in [3.05, 3.63) is 0 Å². The molecule has 1 fully saturated rings. The second-order valence-corrected chi connectivity index (χ2v) is 4.44. The molecule has 1 aliphatic rings. The van der Waals surface area contributed by atoms with Gasteiger partial charge in [-0.25, -0.2) is 4.79 Å². The number of hydrogen-bond acceptors (Lipinski definition) is 5. The largest absolute Gasteiger partial charge is 0.467 e. The molecule has 0 aromatic rings. The average Bonchev–Trinajstić information content (AvgIpc) is 2.81. The number of hydrogen-bond donors (Lipinski definition) is 2. The van der Waals surface area contributed by atoms with Crippen LogP contribution in [0.2, 0.25) is 0 Å². The van der Waals surface area contributed by atoms with Crippen LogP contribution in [-0.2, 0) is 19.1 Å². The van der Waals surface area contributed by atoms with Gasteiger partial charge < -0.3 is 20.1 Å². The number of rotatable bonds is 5. The smallest absolute Gasteiger partial charge is 0.333 e. The molecule has 6 nitrogen and oxygen atoms in total. The lowest BCUT2D eigenvalue weighted by atomic mass is 10.0. The third-order valence-corrected chi connectivity index (χ3v) is 2.90. The molecule has 1 heterocycles. The summed E-state index contributed by atoms with van der Waals surface area (Å²) in [5.41, 5.74) is -1.12. The van der Waals surface area contributed by atoms with E-state index in [0.29, 0.717) is 6.54 Å². The van der Waals surface area contributed by atoms with Crippen molar-refractivity contribution in [2.24, 2.45) is 5.92 Å². The van der Waals surface area contributed by atoms with E-state index in [-0.39, 0.29) is 18.4 Å². The quantitative estimate of drug-likeness (QED) is 0.625. The van der Waals surface area contributed by atoms with E-state index in [1.165, 1.54) is 14.2 Å². The molecule has 1 rings (SSSR count). The normalized spacial score (nSPS) is 22.9. The van der Waals surface area contributed by atoms with Gasteiger partial charge in [0.25, 0.3) is 0 Å². The zero-order chi connectivity index (χ0) is 12.9. The van der Waals surface area contributed by atoms with E-state index < -0.39 is 11.5 Å². The van der Waals surface area contributed by atoms with Crippen LogP contribution in [0.15, 0.2) is 0 Å². The van der Waals surface area contributed by atoms with Crippen LogP contribution in [0.1, 0.15) is 13.3 Å². The van der Waals surface area contributed by atoms with Gasteiger partial charge in [-0.2, -0.15) is 0 Å². The topological polar surface area (TPSA) is 76.7 Å². The Hall–Kier alpha value is -1.14. The van der Waals surface area contributed by atoms with E-state index in [1.54, 1.807) is 6.92 Å². The number of carbonyl (C=O) groups is 2. The minimum absolute atomic E-state index is 0.0872. The van der Waals surface area contributed by atoms with E-state index in [0.717, 1.165) is 13.0 Å². The first-order valence-electron chi connectivity index (χ1n) is 5.63. The Bertz CT molecular complexity index is 289. The predicted molar refractivity (Wildman–Crippen MR) is 61.4 cm³/mol. The fraction of sp³-hybridized carbons (Fsp3) is 0.818. The number of amides is 1. The highest BCUT2D eigenvalue weighted by Gasteiger charge is 2.38. The molecule has 2 N–H and O–H groups in total. The van der Waals surface area contributed by atoms with Crippen LogP contribution in [-0.4, -0.2) is 51.3 Å². The molecule has 0 saturated carbocycles. The molecule has 0 aromatic heterocycles. The van der Waals surface area contributed by atoms with Gasteiger partial charge in [0.2, 0.25) is 5.91 Å². The Kier molecular flexibility index (Phi) is 4.89. The number of methoxy groups -OCH3 is 2. The maximum Gasteiger partial charge on any atom is 0.333 e. The molecule has 6 heteroatoms. The van der Waals surface area contributed by atoms with Crippen molar-refractivity contribution in [3.63, 3.8) is 0 Å². The lowest BCUT2D eigenvalue weighted by Crippen LogP contribution is -2.57. The average molecular weight is 244 g/mol. The molecule has 2 atom stereocenters. The maximum atomic E-state index is 11.9. The van der Waals surface area contributed by atoms with Gasteiger partial charge in [0.1, 0.15) is 0 Å². The standard InChI is InChI=1S/C11H20N2O4/c1-11(7-16-2,10(15)17-3)13-9(14)8-4-5-12-6-8/h8,12H,4-7H2,1-3H3,(H,13,14). The molecule has 1 aliphatic heterocycles. The highest BCUT2D eigenvalue weighted by atomic mass is 16.5. The Balaban J connectivity index is 2.65. The summed E-state index contributed by atoms with van der Waals surface area (Å²) in [7, 11) is 2.77. The summed E-state index contributed by atoms with van der Waals surface area (Å²) in [5, 5.41) is 5.81. The summed E-state index contributed by atoms with van der Waals surface area (Å²) >= 11 is 0. The van der Waals surface area contributed by atoms with Gasteiger partial charge in [-0.3, -0.25) is 4.79 Å². The van der Waals surface area contributed by atoms with Crippen LogP contribution >= 0.6 is 0 Å². The Morgan fingerprint density at radius 2 is 2.18 bits per heavy atom. The van der Waals surface area contributed by atoms with Gasteiger partial charge in [0, 0.05) is 13.7 Å². The number of carbonyl (C=O) groups excluding carboxylic acids is 2. The Morgan fingerprint density at radius 1 is 1.47 bits per heavy atom. The monoisotopic (exact) mass is 244 g/mol. The molecule has 0 spiro atoms. The van der Waals surface area contributed by atoms with Gasteiger partial charge in [-0.1, -0.05) is 0 Å². The SMILES string of the molecule is COCC(C)(NC(=O)C1CCNC1)C(=O)OC. The van der Waals surface area contributed by atoms with Crippen LogP contribution in [0.5, 0.6) is 0 Å². The van der Waals surface area contributed by atoms with Crippen LogP contribution in [0.25, 0.3) is 0 Å². The zero-order valence-electron chi connectivity index (χ0n) is 10.5. The first-order chi connectivity index (χ1) is 8.03. The molecule has 17 heavy (non-hydrogen) atoms. The lowest BCUT2D eigenvalue weighted by molar-refractivity contribution is -0.153. The Morgan fingerprint density at radius 3 is 2.65 bits per heavy atom. The summed E-state index contributed by atoms with van der Waals surface area (Å²) in [5.74, 6) is -0.727. The molecule has 1 saturated heterocycles. The highest BCUT2D eigenvalue weighted by molar-refractivity contribution is 5.89. The van der Waals surface area contributed by atoms with E-state index in [2.05, 4.69) is 15.4 Å². The first kappa shape index (κ1) is 13.9. The molecular weight excluding hydrogens is 224 g/mol. The summed E-state index contributed by atoms with van der Waals surface area (Å²) in [6.07, 6.45) is 0.788. The van der Waals surface area contributed by atoms with E-state index in [1.807, 2.05) is 0 Å². The van der Waals surface area contributed by atoms with Crippen LogP contribution in [0, 0.1) is 5.92 Å². The fourth-order valence-electron chi connectivity index (χ4n) is 1.91. The molecular formula is C11H20N2O4. The Labute approximate surface area is 101 Å². The van der Waals surface area contributed by atoms with Crippen molar-refractivity contribution >= 4 is 11.9 Å². The van der Waals surface area contributed by atoms with Gasteiger partial charge in [-0.15, -0.1) is 0 Å². The van der Waals surface area contributed by atoms with Crippen molar-refractivity contribution in [1.29, 1.82) is 0 Å². The highest BCUT2D eigenvalue weighted by Crippen LogP contribution is 2.12. The molecule has 2 unspecified atom stereocenters. The molecule has 1 amide bonds. The van der Waals surface area contributed by atoms with E-state index in [4.69, 9.17) is 4.74 Å². The third kappa shape index (κ3) is 3.41. The second kappa shape index (κ2) is 5.97. The van der Waals surface area contributed by atoms with Crippen molar-refractivity contribution in [2.45, 2.75) is 18.9 Å². The third-order valence-electron chi connectivity index (χ3n) is 2.90. The summed E-state index contributed by atoms with van der Waals surface area (Å²) in [4.78, 5) is 23.6. The minimum atomic E-state index is -1.12. The van der Waals surface area contributed by atoms with E-state index >= 15 is 0 Å². The predicted octanol–water partition coefficient (Wildman–Crippen LogP) is -0.710. The van der Waals surface area contributed by atoms with Gasteiger partial charge in [0.15, 0.2) is 5.54 Å². The molecule has 0 radical (unpaired) electrons. The molecule has 0 aliphatic carbocycles. The van der Waals surface area contributed by atoms with Crippen molar-refractivity contribution in [2.75, 3.05) is 33.9 Å². The molecule has 98 valence electrons. The summed E-state index contributed by atoms with van der Waals surface area (Å²) in [6.45, 7) is 3.17. The van der Waals surface area contributed by atoms with Crippen LogP contribution in [0.4, 0.5) is 0 Å². The zero-order valence-corrected chi connectivity index (χ0v) is 10.5. The van der Waals surface area contributed by atoms with Gasteiger partial charge in [-0.05, 0) is 19.9 Å². The second-order valence-electron chi connectivity index (χ2n) is 4.44. The number of nitrogens with one attached hydrogen (secondary N) is 2. The minimum Gasteiger partial charge on any atom is -0.467 e. The van der Waals surface area contributed by atoms with Crippen LogP contribution in [0.3, 0.4) is 0 Å². The van der Waals surface area contributed by atoms with Gasteiger partial charge >= 0.3 is 5.97 Å². The van der Waals surface area contributed by atoms with Crippen molar-refractivity contribution < 1.29 is 19.1 Å². The summed E-state index contributed by atoms with van der Waals surface area (Å²) in [6, 6.07) is 0. The van der Waals surface area contributed by atoms with E-state index in [9.17, 15) is 9.59 Å². The molecule has 0 aromatic carbocycles. The van der Waals surface area contributed by atoms with Crippen molar-refractivity contribution in [1.82, 2.24) is 10.6 Å². The number of ether oxygens (including phenoxy) is 2. The van der Waals surface area contributed by atoms with Gasteiger partial charge in [0.05, 0.1) is 19.6 Å². The molecule has 0 bridgehead atoms. The maximum absolute atomic E-state index is 11.9.